The Balaban J connectivity index is 1.83. The summed E-state index contributed by atoms with van der Waals surface area (Å²) in [7, 11) is 0. The zero-order valence-electron chi connectivity index (χ0n) is 11.8. The summed E-state index contributed by atoms with van der Waals surface area (Å²) in [5.41, 5.74) is 1.67. The van der Waals surface area contributed by atoms with Crippen molar-refractivity contribution in [3.05, 3.63) is 41.2 Å². The molecule has 1 amide bonds. The van der Waals surface area contributed by atoms with Crippen LogP contribution in [0.15, 0.2) is 24.3 Å². The van der Waals surface area contributed by atoms with Crippen LogP contribution in [0.25, 0.3) is 4.96 Å². The van der Waals surface area contributed by atoms with E-state index in [2.05, 4.69) is 27.5 Å². The van der Waals surface area contributed by atoms with Crippen molar-refractivity contribution in [1.29, 1.82) is 0 Å². The minimum Gasteiger partial charge on any atom is -0.296 e. The van der Waals surface area contributed by atoms with Gasteiger partial charge in [-0.1, -0.05) is 36.0 Å². The van der Waals surface area contributed by atoms with Gasteiger partial charge in [-0.25, -0.2) is 0 Å². The lowest BCUT2D eigenvalue weighted by Crippen LogP contribution is -2.12. The van der Waals surface area contributed by atoms with E-state index in [1.807, 2.05) is 25.1 Å². The van der Waals surface area contributed by atoms with Crippen LogP contribution < -0.4 is 5.32 Å². The molecule has 2 aromatic heterocycles. The van der Waals surface area contributed by atoms with Gasteiger partial charge >= 0.3 is 0 Å². The van der Waals surface area contributed by atoms with Gasteiger partial charge in [-0.15, -0.1) is 15.3 Å². The largest absolute Gasteiger partial charge is 0.296 e. The third kappa shape index (κ3) is 2.78. The van der Waals surface area contributed by atoms with Gasteiger partial charge in [0.1, 0.15) is 0 Å². The number of nitrogens with one attached hydrogen (secondary N) is 1. The molecule has 1 N–H and O–H groups in total. The maximum atomic E-state index is 12.2. The molecule has 0 aliphatic heterocycles. The second kappa shape index (κ2) is 5.61. The van der Waals surface area contributed by atoms with Crippen LogP contribution in [0.5, 0.6) is 0 Å². The molecule has 0 aliphatic rings. The lowest BCUT2D eigenvalue weighted by molar-refractivity contribution is 0.102. The molecule has 0 unspecified atom stereocenters. The molecule has 6 nitrogen and oxygen atoms in total. The van der Waals surface area contributed by atoms with Gasteiger partial charge in [-0.3, -0.25) is 10.1 Å². The summed E-state index contributed by atoms with van der Waals surface area (Å²) in [5.74, 6) is 0.653. The van der Waals surface area contributed by atoms with E-state index in [1.54, 1.807) is 10.6 Å². The lowest BCUT2D eigenvalue weighted by Gasteiger charge is -2.01. The zero-order chi connectivity index (χ0) is 14.8. The fourth-order valence-electron chi connectivity index (χ4n) is 2.04. The van der Waals surface area contributed by atoms with Gasteiger partial charge < -0.3 is 0 Å². The summed E-state index contributed by atoms with van der Waals surface area (Å²) in [5, 5.41) is 15.9. The van der Waals surface area contributed by atoms with Crippen LogP contribution in [0.3, 0.4) is 0 Å². The van der Waals surface area contributed by atoms with E-state index in [1.165, 1.54) is 11.3 Å². The number of anilines is 1. The first kappa shape index (κ1) is 13.7. The van der Waals surface area contributed by atoms with Crippen LogP contribution in [0.2, 0.25) is 0 Å². The Morgan fingerprint density at radius 2 is 2.24 bits per heavy atom. The summed E-state index contributed by atoms with van der Waals surface area (Å²) >= 11 is 1.32. The third-order valence-corrected chi connectivity index (χ3v) is 3.84. The molecule has 3 aromatic rings. The van der Waals surface area contributed by atoms with Crippen molar-refractivity contribution < 1.29 is 4.79 Å². The predicted octanol–water partition coefficient (Wildman–Crippen LogP) is 2.70. The molecule has 3 rings (SSSR count). The lowest BCUT2D eigenvalue weighted by atomic mass is 10.1. The van der Waals surface area contributed by atoms with Crippen LogP contribution in [0.4, 0.5) is 5.13 Å². The fraction of sp³-hybridized carbons (Fsp3) is 0.286. The van der Waals surface area contributed by atoms with Crippen LogP contribution in [-0.4, -0.2) is 25.7 Å². The van der Waals surface area contributed by atoms with Gasteiger partial charge in [0.25, 0.3) is 5.91 Å². The number of hydrogen-bond acceptors (Lipinski definition) is 5. The number of nitrogens with zero attached hydrogens (tertiary/aromatic N) is 4. The van der Waals surface area contributed by atoms with E-state index in [9.17, 15) is 4.79 Å². The van der Waals surface area contributed by atoms with E-state index < -0.39 is 0 Å². The monoisotopic (exact) mass is 301 g/mol. The highest BCUT2D eigenvalue weighted by Crippen LogP contribution is 2.20. The summed E-state index contributed by atoms with van der Waals surface area (Å²) in [6, 6.07) is 7.45. The molecule has 2 heterocycles. The van der Waals surface area contributed by atoms with Crippen LogP contribution in [0.1, 0.15) is 35.1 Å². The quantitative estimate of drug-likeness (QED) is 0.804. The second-order valence-corrected chi connectivity index (χ2v) is 5.75. The Kier molecular flexibility index (Phi) is 3.66. The molecule has 0 atom stereocenters. The number of fused-ring (bicyclic) bond motifs is 1. The van der Waals surface area contributed by atoms with Gasteiger partial charge in [0, 0.05) is 12.0 Å². The molecular formula is C14H15N5OS. The standard InChI is InChI=1S/C14H15N5OS/c1-3-5-11-16-17-14-19(11)18-13(21-14)15-12(20)10-7-4-6-9(2)8-10/h4,6-8H,3,5H2,1-2H3,(H,15,18,20). The summed E-state index contributed by atoms with van der Waals surface area (Å²) in [6.45, 7) is 4.03. The first-order chi connectivity index (χ1) is 10.2. The average Bonchev–Trinajstić information content (AvgIpc) is 3.01. The van der Waals surface area contributed by atoms with Crippen molar-refractivity contribution in [2.45, 2.75) is 26.7 Å². The van der Waals surface area contributed by atoms with Crippen molar-refractivity contribution in [3.8, 4) is 0 Å². The highest BCUT2D eigenvalue weighted by molar-refractivity contribution is 7.20. The van der Waals surface area contributed by atoms with E-state index >= 15 is 0 Å². The van der Waals surface area contributed by atoms with E-state index in [-0.39, 0.29) is 5.91 Å². The first-order valence-corrected chi connectivity index (χ1v) is 7.58. The Hall–Kier alpha value is -2.28. The molecule has 0 spiro atoms. The normalized spacial score (nSPS) is 11.0. The van der Waals surface area contributed by atoms with E-state index in [4.69, 9.17) is 0 Å². The molecule has 0 saturated carbocycles. The SMILES string of the molecule is CCCc1nnc2sc(NC(=O)c3cccc(C)c3)nn12. The Morgan fingerprint density at radius 1 is 1.38 bits per heavy atom. The third-order valence-electron chi connectivity index (χ3n) is 3.03. The first-order valence-electron chi connectivity index (χ1n) is 6.76. The summed E-state index contributed by atoms with van der Waals surface area (Å²) < 4.78 is 1.69. The molecule has 21 heavy (non-hydrogen) atoms. The molecule has 0 aliphatic carbocycles. The maximum Gasteiger partial charge on any atom is 0.257 e. The predicted molar refractivity (Wildman–Crippen MR) is 81.8 cm³/mol. The molecule has 0 fully saturated rings. The van der Waals surface area contributed by atoms with Crippen molar-refractivity contribution in [2.75, 3.05) is 5.32 Å². The van der Waals surface area contributed by atoms with Crippen molar-refractivity contribution in [1.82, 2.24) is 19.8 Å². The summed E-state index contributed by atoms with van der Waals surface area (Å²) in [4.78, 5) is 12.9. The Labute approximate surface area is 125 Å². The number of aromatic nitrogens is 4. The number of rotatable bonds is 4. The van der Waals surface area contributed by atoms with Gasteiger partial charge in [-0.2, -0.15) is 4.52 Å². The summed E-state index contributed by atoms with van der Waals surface area (Å²) in [6.07, 6.45) is 1.79. The Bertz CT molecular complexity index is 792. The number of carbonyl (C=O) groups is 1. The van der Waals surface area contributed by atoms with Crippen molar-refractivity contribution >= 4 is 27.3 Å². The number of benzene rings is 1. The topological polar surface area (TPSA) is 72.2 Å². The highest BCUT2D eigenvalue weighted by Gasteiger charge is 2.13. The molecule has 0 saturated heterocycles. The average molecular weight is 301 g/mol. The van der Waals surface area contributed by atoms with Crippen molar-refractivity contribution in [2.24, 2.45) is 0 Å². The molecular weight excluding hydrogens is 286 g/mol. The second-order valence-electron chi connectivity index (χ2n) is 4.79. The van der Waals surface area contributed by atoms with Gasteiger partial charge in [0.15, 0.2) is 5.82 Å². The minimum atomic E-state index is -0.166. The molecule has 0 radical (unpaired) electrons. The van der Waals surface area contributed by atoms with Gasteiger partial charge in [-0.05, 0) is 25.5 Å². The van der Waals surface area contributed by atoms with Crippen LogP contribution in [-0.2, 0) is 6.42 Å². The van der Waals surface area contributed by atoms with Crippen molar-refractivity contribution in [3.63, 3.8) is 0 Å². The van der Waals surface area contributed by atoms with Gasteiger partial charge in [0.05, 0.1) is 0 Å². The number of amides is 1. The molecule has 7 heteroatoms. The number of aryl methyl sites for hydroxylation is 2. The molecule has 1 aromatic carbocycles. The van der Waals surface area contributed by atoms with Crippen LogP contribution >= 0.6 is 11.3 Å². The fourth-order valence-corrected chi connectivity index (χ4v) is 2.80. The van der Waals surface area contributed by atoms with Gasteiger partial charge in [0.2, 0.25) is 10.1 Å². The highest BCUT2D eigenvalue weighted by atomic mass is 32.1. The molecule has 0 bridgehead atoms. The number of hydrogen-bond donors (Lipinski definition) is 1. The minimum absolute atomic E-state index is 0.166. The molecule has 108 valence electrons. The smallest absolute Gasteiger partial charge is 0.257 e. The van der Waals surface area contributed by atoms with E-state index in [0.29, 0.717) is 15.7 Å². The van der Waals surface area contributed by atoms with Crippen LogP contribution in [0, 0.1) is 6.92 Å². The maximum absolute atomic E-state index is 12.2. The zero-order valence-corrected chi connectivity index (χ0v) is 12.6. The number of carbonyl (C=O) groups excluding carboxylic acids is 1. The Morgan fingerprint density at radius 3 is 3.00 bits per heavy atom. The van der Waals surface area contributed by atoms with E-state index in [0.717, 1.165) is 24.2 Å².